The van der Waals surface area contributed by atoms with Crippen molar-refractivity contribution >= 4 is 0 Å². The van der Waals surface area contributed by atoms with Crippen molar-refractivity contribution in [3.63, 3.8) is 0 Å². The van der Waals surface area contributed by atoms with Gasteiger partial charge in [-0.1, -0.05) is 39.5 Å². The van der Waals surface area contributed by atoms with Gasteiger partial charge >= 0.3 is 0 Å². The van der Waals surface area contributed by atoms with Crippen molar-refractivity contribution in [1.29, 1.82) is 0 Å². The Labute approximate surface area is 108 Å². The van der Waals surface area contributed by atoms with Crippen LogP contribution in [0.1, 0.15) is 65.2 Å². The number of rotatable bonds is 7. The van der Waals surface area contributed by atoms with Crippen LogP contribution in [-0.2, 0) is 0 Å². The Morgan fingerprint density at radius 3 is 2.18 bits per heavy atom. The van der Waals surface area contributed by atoms with Crippen LogP contribution in [0, 0.1) is 0 Å². The van der Waals surface area contributed by atoms with E-state index in [2.05, 4.69) is 24.1 Å². The number of nitrogens with zero attached hydrogens (tertiary/aromatic N) is 1. The Morgan fingerprint density at radius 1 is 0.941 bits per heavy atom. The van der Waals surface area contributed by atoms with Gasteiger partial charge in [-0.3, -0.25) is 0 Å². The molecule has 0 bridgehead atoms. The monoisotopic (exact) mass is 240 g/mol. The summed E-state index contributed by atoms with van der Waals surface area (Å²) in [5, 5.41) is 3.71. The minimum Gasteiger partial charge on any atom is -0.313 e. The van der Waals surface area contributed by atoms with Gasteiger partial charge in [0.15, 0.2) is 0 Å². The van der Waals surface area contributed by atoms with Gasteiger partial charge in [-0.2, -0.15) is 0 Å². The van der Waals surface area contributed by atoms with E-state index in [0.717, 1.165) is 6.04 Å². The molecule has 17 heavy (non-hydrogen) atoms. The molecule has 0 saturated carbocycles. The minimum absolute atomic E-state index is 0.722. The van der Waals surface area contributed by atoms with Crippen molar-refractivity contribution in [2.45, 2.75) is 71.3 Å². The van der Waals surface area contributed by atoms with E-state index in [1.165, 1.54) is 77.5 Å². The molecule has 2 heteroatoms. The molecule has 0 aliphatic carbocycles. The maximum Gasteiger partial charge on any atom is 0.0194 e. The predicted molar refractivity (Wildman–Crippen MR) is 76.5 cm³/mol. The van der Waals surface area contributed by atoms with E-state index in [1.807, 2.05) is 0 Å². The van der Waals surface area contributed by atoms with Gasteiger partial charge < -0.3 is 10.2 Å². The zero-order valence-corrected chi connectivity index (χ0v) is 12.0. The zero-order valence-electron chi connectivity index (χ0n) is 12.0. The number of hydrogen-bond donors (Lipinski definition) is 1. The second-order valence-electron chi connectivity index (χ2n) is 5.51. The number of likely N-dealkylation sites (tertiary alicyclic amines) is 1. The Kier molecular flexibility index (Phi) is 8.72. The Hall–Kier alpha value is -0.0800. The highest BCUT2D eigenvalue weighted by molar-refractivity contribution is 4.73. The normalized spacial score (nSPS) is 20.8. The standard InChI is InChI=1S/C15H32N2/c1-3-10-15(16-11-4-2)14-17-12-8-6-5-7-9-13-17/h15-16H,3-14H2,1-2H3. The van der Waals surface area contributed by atoms with E-state index >= 15 is 0 Å². The summed E-state index contributed by atoms with van der Waals surface area (Å²) in [6.45, 7) is 9.66. The van der Waals surface area contributed by atoms with Crippen molar-refractivity contribution in [2.24, 2.45) is 0 Å². The summed E-state index contributed by atoms with van der Waals surface area (Å²) in [4.78, 5) is 2.70. The average molecular weight is 240 g/mol. The first-order chi connectivity index (χ1) is 8.36. The molecule has 0 amide bonds. The van der Waals surface area contributed by atoms with Crippen LogP contribution in [0.5, 0.6) is 0 Å². The average Bonchev–Trinajstić information content (AvgIpc) is 2.29. The molecule has 1 saturated heterocycles. The molecule has 0 radical (unpaired) electrons. The predicted octanol–water partition coefficient (Wildman–Crippen LogP) is 3.42. The fraction of sp³-hybridized carbons (Fsp3) is 1.00. The highest BCUT2D eigenvalue weighted by atomic mass is 15.1. The van der Waals surface area contributed by atoms with Crippen LogP contribution in [-0.4, -0.2) is 37.1 Å². The van der Waals surface area contributed by atoms with Gasteiger partial charge in [-0.15, -0.1) is 0 Å². The first-order valence-electron chi connectivity index (χ1n) is 7.82. The lowest BCUT2D eigenvalue weighted by molar-refractivity contribution is 0.216. The third-order valence-corrected chi connectivity index (χ3v) is 3.75. The van der Waals surface area contributed by atoms with Crippen molar-refractivity contribution in [3.8, 4) is 0 Å². The second kappa shape index (κ2) is 9.90. The first-order valence-corrected chi connectivity index (χ1v) is 7.82. The molecule has 1 atom stereocenters. The summed E-state index contributed by atoms with van der Waals surface area (Å²) >= 11 is 0. The minimum atomic E-state index is 0.722. The topological polar surface area (TPSA) is 15.3 Å². The van der Waals surface area contributed by atoms with Crippen molar-refractivity contribution < 1.29 is 0 Å². The second-order valence-corrected chi connectivity index (χ2v) is 5.51. The van der Waals surface area contributed by atoms with Crippen LogP contribution < -0.4 is 5.32 Å². The van der Waals surface area contributed by atoms with Gasteiger partial charge in [0.05, 0.1) is 0 Å². The smallest absolute Gasteiger partial charge is 0.0194 e. The molecule has 1 fully saturated rings. The molecule has 1 unspecified atom stereocenters. The van der Waals surface area contributed by atoms with E-state index in [9.17, 15) is 0 Å². The molecule has 1 rings (SSSR count). The van der Waals surface area contributed by atoms with Gasteiger partial charge in [0.25, 0.3) is 0 Å². The molecule has 1 N–H and O–H groups in total. The van der Waals surface area contributed by atoms with E-state index in [1.54, 1.807) is 0 Å². The van der Waals surface area contributed by atoms with E-state index in [0.29, 0.717) is 0 Å². The molecule has 0 spiro atoms. The molecule has 1 heterocycles. The Morgan fingerprint density at radius 2 is 1.59 bits per heavy atom. The third-order valence-electron chi connectivity index (χ3n) is 3.75. The lowest BCUT2D eigenvalue weighted by Gasteiger charge is -2.29. The molecule has 2 nitrogen and oxygen atoms in total. The molecule has 0 aromatic carbocycles. The maximum absolute atomic E-state index is 3.71. The fourth-order valence-electron chi connectivity index (χ4n) is 2.76. The fourth-order valence-corrected chi connectivity index (χ4v) is 2.76. The van der Waals surface area contributed by atoms with Crippen LogP contribution >= 0.6 is 0 Å². The van der Waals surface area contributed by atoms with Gasteiger partial charge in [-0.25, -0.2) is 0 Å². The lowest BCUT2D eigenvalue weighted by atomic mass is 10.1. The summed E-state index contributed by atoms with van der Waals surface area (Å²) in [5.41, 5.74) is 0. The van der Waals surface area contributed by atoms with Crippen LogP contribution in [0.3, 0.4) is 0 Å². The Bertz CT molecular complexity index is 160. The molecular weight excluding hydrogens is 208 g/mol. The van der Waals surface area contributed by atoms with Crippen molar-refractivity contribution in [1.82, 2.24) is 10.2 Å². The van der Waals surface area contributed by atoms with Crippen LogP contribution in [0.4, 0.5) is 0 Å². The SMILES string of the molecule is CCCNC(CCC)CN1CCCCCCC1. The molecule has 0 aromatic heterocycles. The van der Waals surface area contributed by atoms with Gasteiger partial charge in [0, 0.05) is 12.6 Å². The summed E-state index contributed by atoms with van der Waals surface area (Å²) in [5.74, 6) is 0. The third kappa shape index (κ3) is 7.05. The van der Waals surface area contributed by atoms with E-state index < -0.39 is 0 Å². The zero-order chi connectivity index (χ0) is 12.3. The van der Waals surface area contributed by atoms with E-state index in [4.69, 9.17) is 0 Å². The van der Waals surface area contributed by atoms with Crippen LogP contribution in [0.2, 0.25) is 0 Å². The number of hydrogen-bond acceptors (Lipinski definition) is 2. The summed E-state index contributed by atoms with van der Waals surface area (Å²) in [6.07, 6.45) is 11.0. The largest absolute Gasteiger partial charge is 0.313 e. The summed E-state index contributed by atoms with van der Waals surface area (Å²) in [6, 6.07) is 0.722. The first kappa shape index (κ1) is 15.0. The lowest BCUT2D eigenvalue weighted by Crippen LogP contribution is -2.42. The van der Waals surface area contributed by atoms with E-state index in [-0.39, 0.29) is 0 Å². The maximum atomic E-state index is 3.71. The number of nitrogens with one attached hydrogen (secondary N) is 1. The van der Waals surface area contributed by atoms with Gasteiger partial charge in [0.2, 0.25) is 0 Å². The van der Waals surface area contributed by atoms with Crippen LogP contribution in [0.15, 0.2) is 0 Å². The molecular formula is C15H32N2. The molecule has 102 valence electrons. The Balaban J connectivity index is 2.29. The van der Waals surface area contributed by atoms with Crippen LogP contribution in [0.25, 0.3) is 0 Å². The molecule has 1 aliphatic rings. The quantitative estimate of drug-likeness (QED) is 0.733. The summed E-state index contributed by atoms with van der Waals surface area (Å²) < 4.78 is 0. The van der Waals surface area contributed by atoms with Crippen molar-refractivity contribution in [2.75, 3.05) is 26.2 Å². The molecule has 0 aromatic rings. The highest BCUT2D eigenvalue weighted by Crippen LogP contribution is 2.11. The molecule has 1 aliphatic heterocycles. The van der Waals surface area contributed by atoms with Crippen molar-refractivity contribution in [3.05, 3.63) is 0 Å². The van der Waals surface area contributed by atoms with Gasteiger partial charge in [-0.05, 0) is 45.3 Å². The summed E-state index contributed by atoms with van der Waals surface area (Å²) in [7, 11) is 0. The van der Waals surface area contributed by atoms with Gasteiger partial charge in [0.1, 0.15) is 0 Å². The highest BCUT2D eigenvalue weighted by Gasteiger charge is 2.13.